The molecule has 0 aliphatic heterocycles. The maximum absolute atomic E-state index is 5.81. The van der Waals surface area contributed by atoms with Crippen molar-refractivity contribution in [2.45, 2.75) is 57.1 Å². The number of ether oxygens (including phenoxy) is 1. The van der Waals surface area contributed by atoms with E-state index >= 15 is 0 Å². The van der Waals surface area contributed by atoms with Gasteiger partial charge in [-0.15, -0.1) is 6.58 Å². The van der Waals surface area contributed by atoms with Crippen LogP contribution in [-0.4, -0.2) is 25.3 Å². The lowest BCUT2D eigenvalue weighted by molar-refractivity contribution is -0.0371. The van der Waals surface area contributed by atoms with E-state index in [2.05, 4.69) is 18.8 Å². The highest BCUT2D eigenvalue weighted by molar-refractivity contribution is 4.97. The molecule has 1 aliphatic rings. The summed E-state index contributed by atoms with van der Waals surface area (Å²) in [7, 11) is 1.86. The van der Waals surface area contributed by atoms with E-state index in [1.807, 2.05) is 13.2 Å². The predicted octanol–water partition coefficient (Wildman–Crippen LogP) is 2.89. The van der Waals surface area contributed by atoms with Crippen molar-refractivity contribution in [1.29, 1.82) is 0 Å². The second-order valence-electron chi connectivity index (χ2n) is 4.45. The third kappa shape index (κ3) is 3.05. The van der Waals surface area contributed by atoms with Crippen LogP contribution in [-0.2, 0) is 4.74 Å². The molecule has 0 aromatic carbocycles. The van der Waals surface area contributed by atoms with Crippen molar-refractivity contribution in [3.63, 3.8) is 0 Å². The van der Waals surface area contributed by atoms with Crippen LogP contribution in [0.25, 0.3) is 0 Å². The van der Waals surface area contributed by atoms with Crippen LogP contribution in [0.3, 0.4) is 0 Å². The normalized spacial score (nSPS) is 21.5. The van der Waals surface area contributed by atoms with Crippen LogP contribution in [0.5, 0.6) is 0 Å². The van der Waals surface area contributed by atoms with Crippen molar-refractivity contribution < 1.29 is 4.74 Å². The zero-order chi connectivity index (χ0) is 11.1. The molecule has 0 saturated heterocycles. The van der Waals surface area contributed by atoms with Crippen molar-refractivity contribution in [1.82, 2.24) is 5.32 Å². The van der Waals surface area contributed by atoms with E-state index in [-0.39, 0.29) is 5.60 Å². The van der Waals surface area contributed by atoms with Gasteiger partial charge in [0.15, 0.2) is 0 Å². The number of nitrogens with one attached hydrogen (secondary N) is 1. The topological polar surface area (TPSA) is 21.3 Å². The fourth-order valence-electron chi connectivity index (χ4n) is 2.75. The van der Waals surface area contributed by atoms with E-state index < -0.39 is 0 Å². The van der Waals surface area contributed by atoms with Crippen LogP contribution >= 0.6 is 0 Å². The smallest absolute Gasteiger partial charge is 0.0831 e. The standard InChI is InChI=1S/C13H25NO/c1-4-6-9-12(14-5-2)13(15-3)10-7-8-11-13/h4,12,14H,1,5-11H2,2-3H3. The third-order valence-corrected chi connectivity index (χ3v) is 3.60. The summed E-state index contributed by atoms with van der Waals surface area (Å²) >= 11 is 0. The second kappa shape index (κ2) is 6.29. The second-order valence-corrected chi connectivity index (χ2v) is 4.45. The predicted molar refractivity (Wildman–Crippen MR) is 65.1 cm³/mol. The van der Waals surface area contributed by atoms with E-state index in [0.717, 1.165) is 19.4 Å². The Morgan fingerprint density at radius 3 is 2.60 bits per heavy atom. The molecule has 2 nitrogen and oxygen atoms in total. The molecule has 1 fully saturated rings. The minimum atomic E-state index is 0.0963. The van der Waals surface area contributed by atoms with Crippen molar-refractivity contribution in [2.24, 2.45) is 0 Å². The SMILES string of the molecule is C=CCCC(NCC)C1(OC)CCCC1. The van der Waals surface area contributed by atoms with Gasteiger partial charge in [-0.1, -0.05) is 25.8 Å². The highest BCUT2D eigenvalue weighted by atomic mass is 16.5. The monoisotopic (exact) mass is 211 g/mol. The van der Waals surface area contributed by atoms with Gasteiger partial charge in [0.1, 0.15) is 0 Å². The Morgan fingerprint density at radius 2 is 2.13 bits per heavy atom. The first-order valence-electron chi connectivity index (χ1n) is 6.18. The molecule has 15 heavy (non-hydrogen) atoms. The molecule has 1 unspecified atom stereocenters. The van der Waals surface area contributed by atoms with Gasteiger partial charge in [0, 0.05) is 13.2 Å². The minimum Gasteiger partial charge on any atom is -0.377 e. The fourth-order valence-corrected chi connectivity index (χ4v) is 2.75. The number of hydrogen-bond acceptors (Lipinski definition) is 2. The Morgan fingerprint density at radius 1 is 1.47 bits per heavy atom. The van der Waals surface area contributed by atoms with Gasteiger partial charge in [-0.2, -0.15) is 0 Å². The summed E-state index contributed by atoms with van der Waals surface area (Å²) in [5.74, 6) is 0. The van der Waals surface area contributed by atoms with E-state index in [0.29, 0.717) is 6.04 Å². The van der Waals surface area contributed by atoms with Gasteiger partial charge in [0.05, 0.1) is 5.60 Å². The van der Waals surface area contributed by atoms with E-state index in [9.17, 15) is 0 Å². The molecule has 0 heterocycles. The van der Waals surface area contributed by atoms with Crippen LogP contribution in [0, 0.1) is 0 Å². The molecule has 1 saturated carbocycles. The summed E-state index contributed by atoms with van der Waals surface area (Å²) in [6.45, 7) is 6.99. The van der Waals surface area contributed by atoms with Crippen LogP contribution in [0.2, 0.25) is 0 Å². The Labute approximate surface area is 94.1 Å². The van der Waals surface area contributed by atoms with Crippen LogP contribution in [0.1, 0.15) is 45.4 Å². The molecular weight excluding hydrogens is 186 g/mol. The maximum Gasteiger partial charge on any atom is 0.0831 e. The lowest BCUT2D eigenvalue weighted by Gasteiger charge is -2.37. The van der Waals surface area contributed by atoms with Gasteiger partial charge in [0.25, 0.3) is 0 Å². The summed E-state index contributed by atoms with van der Waals surface area (Å²) < 4.78 is 5.81. The van der Waals surface area contributed by atoms with Gasteiger partial charge in [-0.05, 0) is 32.2 Å². The number of likely N-dealkylation sites (N-methyl/N-ethyl adjacent to an activating group) is 1. The highest BCUT2D eigenvalue weighted by Gasteiger charge is 2.40. The Bertz CT molecular complexity index is 185. The molecule has 0 radical (unpaired) electrons. The summed E-state index contributed by atoms with van der Waals surface area (Å²) in [5, 5.41) is 3.58. The molecule has 1 rings (SSSR count). The Hall–Kier alpha value is -0.340. The summed E-state index contributed by atoms with van der Waals surface area (Å²) in [4.78, 5) is 0. The first-order valence-corrected chi connectivity index (χ1v) is 6.18. The van der Waals surface area contributed by atoms with Crippen LogP contribution < -0.4 is 5.32 Å². The molecule has 2 heteroatoms. The quantitative estimate of drug-likeness (QED) is 0.654. The number of hydrogen-bond donors (Lipinski definition) is 1. The van der Waals surface area contributed by atoms with Crippen molar-refractivity contribution >= 4 is 0 Å². The van der Waals surface area contributed by atoms with Gasteiger partial charge >= 0.3 is 0 Å². The largest absolute Gasteiger partial charge is 0.377 e. The number of methoxy groups -OCH3 is 1. The van der Waals surface area contributed by atoms with E-state index in [1.165, 1.54) is 25.7 Å². The van der Waals surface area contributed by atoms with Crippen LogP contribution in [0.15, 0.2) is 12.7 Å². The molecule has 0 amide bonds. The molecule has 1 N–H and O–H groups in total. The summed E-state index contributed by atoms with van der Waals surface area (Å²) in [6.07, 6.45) is 9.25. The van der Waals surface area contributed by atoms with Gasteiger partial charge < -0.3 is 10.1 Å². The Balaban J connectivity index is 2.61. The fraction of sp³-hybridized carbons (Fsp3) is 0.846. The highest BCUT2D eigenvalue weighted by Crippen LogP contribution is 2.37. The maximum atomic E-state index is 5.81. The molecule has 0 spiro atoms. The lowest BCUT2D eigenvalue weighted by atomic mass is 9.88. The van der Waals surface area contributed by atoms with Gasteiger partial charge in [-0.25, -0.2) is 0 Å². The molecule has 88 valence electrons. The number of allylic oxidation sites excluding steroid dienone is 1. The average molecular weight is 211 g/mol. The van der Waals surface area contributed by atoms with Gasteiger partial charge in [-0.3, -0.25) is 0 Å². The molecule has 0 aromatic heterocycles. The van der Waals surface area contributed by atoms with Crippen molar-refractivity contribution in [2.75, 3.05) is 13.7 Å². The zero-order valence-corrected chi connectivity index (χ0v) is 10.2. The lowest BCUT2D eigenvalue weighted by Crippen LogP contribution is -2.50. The van der Waals surface area contributed by atoms with Crippen molar-refractivity contribution in [3.05, 3.63) is 12.7 Å². The summed E-state index contributed by atoms with van der Waals surface area (Å²) in [6, 6.07) is 0.494. The summed E-state index contributed by atoms with van der Waals surface area (Å²) in [5.41, 5.74) is 0.0963. The Kier molecular flexibility index (Phi) is 5.34. The molecule has 1 atom stereocenters. The first-order chi connectivity index (χ1) is 7.29. The molecular formula is C13H25NO. The first kappa shape index (κ1) is 12.7. The average Bonchev–Trinajstić information content (AvgIpc) is 2.74. The van der Waals surface area contributed by atoms with Crippen LogP contribution in [0.4, 0.5) is 0 Å². The zero-order valence-electron chi connectivity index (χ0n) is 10.2. The third-order valence-electron chi connectivity index (χ3n) is 3.60. The molecule has 1 aliphatic carbocycles. The number of rotatable bonds is 7. The van der Waals surface area contributed by atoms with E-state index in [4.69, 9.17) is 4.74 Å². The minimum absolute atomic E-state index is 0.0963. The molecule has 0 bridgehead atoms. The van der Waals surface area contributed by atoms with Crippen molar-refractivity contribution in [3.8, 4) is 0 Å². The molecule has 0 aromatic rings. The van der Waals surface area contributed by atoms with Gasteiger partial charge in [0.2, 0.25) is 0 Å². The van der Waals surface area contributed by atoms with E-state index in [1.54, 1.807) is 0 Å².